The Morgan fingerprint density at radius 3 is 2.39 bits per heavy atom. The van der Waals surface area contributed by atoms with Crippen LogP contribution in [0.4, 0.5) is 0 Å². The Morgan fingerprint density at radius 1 is 1.00 bits per heavy atom. The molecule has 23 heavy (non-hydrogen) atoms. The highest BCUT2D eigenvalue weighted by Gasteiger charge is 2.30. The number of carbonyl (C=O) groups is 2. The molecule has 0 aromatic heterocycles. The zero-order chi connectivity index (χ0) is 16.2. The monoisotopic (exact) mass is 314 g/mol. The predicted octanol–water partition coefficient (Wildman–Crippen LogP) is 2.40. The van der Waals surface area contributed by atoms with Crippen molar-refractivity contribution < 1.29 is 9.59 Å². The molecular weight excluding hydrogens is 288 g/mol. The Morgan fingerprint density at radius 2 is 1.70 bits per heavy atom. The Balaban J connectivity index is 1.56. The maximum atomic E-state index is 12.6. The second-order valence-corrected chi connectivity index (χ2v) is 6.79. The van der Waals surface area contributed by atoms with E-state index >= 15 is 0 Å². The summed E-state index contributed by atoms with van der Waals surface area (Å²) >= 11 is 0. The predicted molar refractivity (Wildman–Crippen MR) is 90.0 cm³/mol. The molecule has 0 atom stereocenters. The molecule has 2 aliphatic rings. The van der Waals surface area contributed by atoms with Gasteiger partial charge in [-0.3, -0.25) is 9.59 Å². The van der Waals surface area contributed by atoms with Crippen LogP contribution in [0.3, 0.4) is 0 Å². The third-order valence-corrected chi connectivity index (χ3v) is 5.22. The molecule has 2 fully saturated rings. The summed E-state index contributed by atoms with van der Waals surface area (Å²) in [6, 6.07) is 8.05. The van der Waals surface area contributed by atoms with Crippen molar-refractivity contribution in [2.24, 2.45) is 5.92 Å². The molecule has 1 aliphatic heterocycles. The van der Waals surface area contributed by atoms with Gasteiger partial charge in [0.25, 0.3) is 0 Å². The lowest BCUT2D eigenvalue weighted by Crippen LogP contribution is -2.41. The lowest BCUT2D eigenvalue weighted by Gasteiger charge is -2.31. The first-order valence-corrected chi connectivity index (χ1v) is 8.76. The summed E-state index contributed by atoms with van der Waals surface area (Å²) in [6.45, 7) is 4.96. The van der Waals surface area contributed by atoms with E-state index in [4.69, 9.17) is 0 Å². The van der Waals surface area contributed by atoms with Gasteiger partial charge in [0.2, 0.25) is 11.8 Å². The van der Waals surface area contributed by atoms with Gasteiger partial charge in [0.05, 0.1) is 6.42 Å². The lowest BCUT2D eigenvalue weighted by atomic mass is 9.84. The van der Waals surface area contributed by atoms with Crippen LogP contribution < -0.4 is 0 Å². The van der Waals surface area contributed by atoms with Gasteiger partial charge in [0, 0.05) is 32.1 Å². The topological polar surface area (TPSA) is 40.6 Å². The quantitative estimate of drug-likeness (QED) is 0.859. The normalized spacial score (nSPS) is 19.2. The fourth-order valence-corrected chi connectivity index (χ4v) is 3.38. The molecule has 1 aromatic rings. The van der Waals surface area contributed by atoms with E-state index < -0.39 is 0 Å². The fourth-order valence-electron chi connectivity index (χ4n) is 3.38. The van der Waals surface area contributed by atoms with Crippen molar-refractivity contribution in [3.63, 3.8) is 0 Å². The summed E-state index contributed by atoms with van der Waals surface area (Å²) in [7, 11) is 0. The molecule has 0 bridgehead atoms. The van der Waals surface area contributed by atoms with E-state index in [0.29, 0.717) is 25.4 Å². The van der Waals surface area contributed by atoms with Gasteiger partial charge in [-0.05, 0) is 37.3 Å². The number of aryl methyl sites for hydroxylation is 1. The van der Waals surface area contributed by atoms with Crippen LogP contribution in [0.15, 0.2) is 24.3 Å². The van der Waals surface area contributed by atoms with Gasteiger partial charge in [-0.1, -0.05) is 30.7 Å². The van der Waals surface area contributed by atoms with Crippen molar-refractivity contribution in [2.75, 3.05) is 26.2 Å². The average Bonchev–Trinajstić information content (AvgIpc) is 2.74. The van der Waals surface area contributed by atoms with Crippen molar-refractivity contribution in [2.45, 2.75) is 39.0 Å². The highest BCUT2D eigenvalue weighted by molar-refractivity contribution is 5.81. The molecule has 124 valence electrons. The first kappa shape index (κ1) is 16.0. The summed E-state index contributed by atoms with van der Waals surface area (Å²) in [6.07, 6.45) is 4.63. The highest BCUT2D eigenvalue weighted by atomic mass is 16.2. The summed E-state index contributed by atoms with van der Waals surface area (Å²) in [5.74, 6) is 0.742. The molecule has 1 saturated heterocycles. The summed E-state index contributed by atoms with van der Waals surface area (Å²) < 4.78 is 0. The number of hydrogen-bond acceptors (Lipinski definition) is 2. The van der Waals surface area contributed by atoms with Gasteiger partial charge in [-0.15, -0.1) is 0 Å². The van der Waals surface area contributed by atoms with Gasteiger partial charge >= 0.3 is 0 Å². The number of carbonyl (C=O) groups excluding carboxylic acids is 2. The Kier molecular flexibility index (Phi) is 4.99. The molecule has 1 saturated carbocycles. The third kappa shape index (κ3) is 3.74. The van der Waals surface area contributed by atoms with Crippen LogP contribution in [0, 0.1) is 12.8 Å². The van der Waals surface area contributed by atoms with E-state index in [1.807, 2.05) is 41.0 Å². The fraction of sp³-hybridized carbons (Fsp3) is 0.579. The molecule has 1 aromatic carbocycles. The van der Waals surface area contributed by atoms with Crippen molar-refractivity contribution >= 4 is 11.8 Å². The van der Waals surface area contributed by atoms with Crippen LogP contribution >= 0.6 is 0 Å². The minimum Gasteiger partial charge on any atom is -0.341 e. The zero-order valence-electron chi connectivity index (χ0n) is 14.0. The smallest absolute Gasteiger partial charge is 0.227 e. The molecular formula is C19H26N2O2. The largest absolute Gasteiger partial charge is 0.341 e. The van der Waals surface area contributed by atoms with Gasteiger partial charge in [0.15, 0.2) is 0 Å². The minimum absolute atomic E-state index is 0.178. The summed E-state index contributed by atoms with van der Waals surface area (Å²) in [4.78, 5) is 28.8. The molecule has 1 aliphatic carbocycles. The Hall–Kier alpha value is -1.84. The van der Waals surface area contributed by atoms with Crippen molar-refractivity contribution in [3.8, 4) is 0 Å². The Labute approximate surface area is 138 Å². The summed E-state index contributed by atoms with van der Waals surface area (Å²) in [5, 5.41) is 0. The number of rotatable bonds is 3. The summed E-state index contributed by atoms with van der Waals surface area (Å²) in [5.41, 5.74) is 2.27. The van der Waals surface area contributed by atoms with E-state index in [9.17, 15) is 9.59 Å². The molecule has 3 rings (SSSR count). The molecule has 4 heteroatoms. The number of nitrogens with zero attached hydrogens (tertiary/aromatic N) is 2. The van der Waals surface area contributed by atoms with Crippen LogP contribution in [-0.2, 0) is 16.0 Å². The third-order valence-electron chi connectivity index (χ3n) is 5.22. The standard InChI is InChI=1S/C19H26N2O2/c1-15-6-2-3-7-17(15)14-18(22)20-10-5-11-21(13-12-20)19(23)16-8-4-9-16/h2-3,6-7,16H,4-5,8-14H2,1H3. The number of hydrogen-bond donors (Lipinski definition) is 0. The Bertz CT molecular complexity index is 580. The zero-order valence-corrected chi connectivity index (χ0v) is 14.0. The SMILES string of the molecule is Cc1ccccc1CC(=O)N1CCCN(C(=O)C2CCC2)CC1. The van der Waals surface area contributed by atoms with Gasteiger partial charge in [-0.25, -0.2) is 0 Å². The van der Waals surface area contributed by atoms with Crippen LogP contribution in [0.1, 0.15) is 36.8 Å². The van der Waals surface area contributed by atoms with E-state index in [1.165, 1.54) is 6.42 Å². The average molecular weight is 314 g/mol. The van der Waals surface area contributed by atoms with Crippen LogP contribution in [-0.4, -0.2) is 47.8 Å². The number of benzene rings is 1. The van der Waals surface area contributed by atoms with Gasteiger partial charge in [0.1, 0.15) is 0 Å². The minimum atomic E-state index is 0.178. The molecule has 0 unspecified atom stereocenters. The lowest BCUT2D eigenvalue weighted by molar-refractivity contribution is -0.138. The maximum Gasteiger partial charge on any atom is 0.227 e. The van der Waals surface area contributed by atoms with Gasteiger partial charge < -0.3 is 9.80 Å². The van der Waals surface area contributed by atoms with Crippen molar-refractivity contribution in [1.29, 1.82) is 0 Å². The van der Waals surface area contributed by atoms with E-state index in [2.05, 4.69) is 0 Å². The van der Waals surface area contributed by atoms with E-state index in [1.54, 1.807) is 0 Å². The van der Waals surface area contributed by atoms with Crippen molar-refractivity contribution in [3.05, 3.63) is 35.4 Å². The van der Waals surface area contributed by atoms with E-state index in [0.717, 1.165) is 43.5 Å². The van der Waals surface area contributed by atoms with Gasteiger partial charge in [-0.2, -0.15) is 0 Å². The maximum absolute atomic E-state index is 12.6. The molecule has 0 N–H and O–H groups in total. The number of amides is 2. The highest BCUT2D eigenvalue weighted by Crippen LogP contribution is 2.28. The molecule has 4 nitrogen and oxygen atoms in total. The second kappa shape index (κ2) is 7.16. The second-order valence-electron chi connectivity index (χ2n) is 6.79. The first-order valence-electron chi connectivity index (χ1n) is 8.76. The van der Waals surface area contributed by atoms with E-state index in [-0.39, 0.29) is 11.8 Å². The van der Waals surface area contributed by atoms with Crippen LogP contribution in [0.2, 0.25) is 0 Å². The first-order chi connectivity index (χ1) is 11.1. The van der Waals surface area contributed by atoms with Crippen LogP contribution in [0.5, 0.6) is 0 Å². The van der Waals surface area contributed by atoms with Crippen LogP contribution in [0.25, 0.3) is 0 Å². The van der Waals surface area contributed by atoms with Crippen molar-refractivity contribution in [1.82, 2.24) is 9.80 Å². The molecule has 0 spiro atoms. The molecule has 0 radical (unpaired) electrons. The molecule has 2 amide bonds. The molecule has 1 heterocycles.